The van der Waals surface area contributed by atoms with E-state index >= 15 is 0 Å². The third-order valence-corrected chi connectivity index (χ3v) is 2.79. The van der Waals surface area contributed by atoms with E-state index in [1.165, 1.54) is 56.3 Å². The molecule has 0 fully saturated rings. The van der Waals surface area contributed by atoms with E-state index in [2.05, 4.69) is 27.7 Å². The molecular formula is C12H29NNa+. The monoisotopic (exact) mass is 210 g/mol. The van der Waals surface area contributed by atoms with Crippen LogP contribution in [0.3, 0.4) is 0 Å². The van der Waals surface area contributed by atoms with Crippen molar-refractivity contribution in [3.63, 3.8) is 0 Å². The minimum absolute atomic E-state index is 0. The molecule has 0 N–H and O–H groups in total. The molecule has 0 aromatic rings. The van der Waals surface area contributed by atoms with E-state index in [1.807, 2.05) is 0 Å². The van der Waals surface area contributed by atoms with Crippen molar-refractivity contribution in [2.45, 2.75) is 53.4 Å². The van der Waals surface area contributed by atoms with Crippen molar-refractivity contribution in [2.75, 3.05) is 26.2 Å². The second kappa shape index (κ2) is 10.5. The Morgan fingerprint density at radius 3 is 0.929 bits per heavy atom. The molecule has 0 radical (unpaired) electrons. The summed E-state index contributed by atoms with van der Waals surface area (Å²) in [6.07, 6.45) is 5.33. The Morgan fingerprint density at radius 2 is 0.786 bits per heavy atom. The Bertz CT molecular complexity index is 85.4. The summed E-state index contributed by atoms with van der Waals surface area (Å²) >= 11 is 0. The van der Waals surface area contributed by atoms with Crippen molar-refractivity contribution in [3.8, 4) is 0 Å². The molecule has 0 bridgehead atoms. The Kier molecular flexibility index (Phi) is 13.0. The average Bonchev–Trinajstić information content (AvgIpc) is 2.06. The van der Waals surface area contributed by atoms with Crippen molar-refractivity contribution < 1.29 is 4.48 Å². The van der Waals surface area contributed by atoms with Crippen LogP contribution in [0.1, 0.15) is 53.4 Å². The van der Waals surface area contributed by atoms with E-state index in [0.29, 0.717) is 0 Å². The summed E-state index contributed by atoms with van der Waals surface area (Å²) in [6.45, 7) is 14.8. The van der Waals surface area contributed by atoms with Gasteiger partial charge in [-0.3, -0.25) is 0 Å². The molecule has 0 rings (SSSR count). The second-order valence-electron chi connectivity index (χ2n) is 4.24. The summed E-state index contributed by atoms with van der Waals surface area (Å²) in [6, 6.07) is 0. The number of hydrogen-bond donors (Lipinski definition) is 0. The zero-order chi connectivity index (χ0) is 10.2. The van der Waals surface area contributed by atoms with Crippen molar-refractivity contribution in [1.82, 2.24) is 0 Å². The average molecular weight is 210 g/mol. The summed E-state index contributed by atoms with van der Waals surface area (Å²) in [5, 5.41) is 0. The van der Waals surface area contributed by atoms with Gasteiger partial charge in [0, 0.05) is 0 Å². The fourth-order valence-electron chi connectivity index (χ4n) is 2.57. The molecule has 0 aliphatic rings. The van der Waals surface area contributed by atoms with Crippen LogP contribution in [0.2, 0.25) is 0 Å². The molecule has 1 nitrogen and oxygen atoms in total. The third-order valence-electron chi connectivity index (χ3n) is 2.79. The molecule has 0 aromatic heterocycles. The SMILES string of the molecule is CCC[N+](CCC)(CCC)CCC.[NaH]. The molecule has 0 amide bonds. The molecule has 0 saturated heterocycles. The Hall–Kier alpha value is 0.960. The van der Waals surface area contributed by atoms with Crippen molar-refractivity contribution >= 4 is 29.6 Å². The zero-order valence-corrected chi connectivity index (χ0v) is 10.1. The van der Waals surface area contributed by atoms with Gasteiger partial charge in [0.15, 0.2) is 0 Å². The third kappa shape index (κ3) is 6.44. The molecule has 0 spiro atoms. The van der Waals surface area contributed by atoms with Gasteiger partial charge in [0.1, 0.15) is 0 Å². The molecule has 14 heavy (non-hydrogen) atoms. The summed E-state index contributed by atoms with van der Waals surface area (Å²) in [7, 11) is 0. The second-order valence-corrected chi connectivity index (χ2v) is 4.24. The van der Waals surface area contributed by atoms with E-state index < -0.39 is 0 Å². The number of hydrogen-bond acceptors (Lipinski definition) is 0. The molecule has 0 atom stereocenters. The molecule has 0 aliphatic carbocycles. The van der Waals surface area contributed by atoms with E-state index in [9.17, 15) is 0 Å². The van der Waals surface area contributed by atoms with Gasteiger partial charge in [0.2, 0.25) is 0 Å². The fraction of sp³-hybridized carbons (Fsp3) is 1.00. The molecule has 2 heteroatoms. The number of nitrogens with zero attached hydrogens (tertiary/aromatic N) is 1. The van der Waals surface area contributed by atoms with Gasteiger partial charge in [0.05, 0.1) is 26.2 Å². The zero-order valence-electron chi connectivity index (χ0n) is 10.1. The van der Waals surface area contributed by atoms with Crippen LogP contribution in [0.25, 0.3) is 0 Å². The standard InChI is InChI=1S/C12H28N.Na.H/c1-5-9-13(10-6-2,11-7-3)12-8-4;;/h5-12H2,1-4H3;;/q+1;;. The first-order valence-corrected chi connectivity index (χ1v) is 6.09. The van der Waals surface area contributed by atoms with Crippen LogP contribution in [0.15, 0.2) is 0 Å². The Morgan fingerprint density at radius 1 is 0.571 bits per heavy atom. The first-order valence-electron chi connectivity index (χ1n) is 6.09. The molecular weight excluding hydrogens is 181 g/mol. The molecule has 0 saturated carbocycles. The predicted molar refractivity (Wildman–Crippen MR) is 68.0 cm³/mol. The van der Waals surface area contributed by atoms with Crippen LogP contribution in [0, 0.1) is 0 Å². The van der Waals surface area contributed by atoms with Gasteiger partial charge in [-0.05, 0) is 25.7 Å². The summed E-state index contributed by atoms with van der Waals surface area (Å²) < 4.78 is 1.38. The molecule has 0 aromatic carbocycles. The van der Waals surface area contributed by atoms with Gasteiger partial charge >= 0.3 is 29.6 Å². The molecule has 0 aliphatic heterocycles. The summed E-state index contributed by atoms with van der Waals surface area (Å²) in [5.74, 6) is 0. The number of rotatable bonds is 8. The van der Waals surface area contributed by atoms with Gasteiger partial charge < -0.3 is 4.48 Å². The van der Waals surface area contributed by atoms with E-state index in [-0.39, 0.29) is 29.6 Å². The first kappa shape index (κ1) is 17.4. The van der Waals surface area contributed by atoms with Gasteiger partial charge in [-0.15, -0.1) is 0 Å². The van der Waals surface area contributed by atoms with Crippen molar-refractivity contribution in [3.05, 3.63) is 0 Å². The Balaban J connectivity index is 0. The quantitative estimate of drug-likeness (QED) is 0.427. The van der Waals surface area contributed by atoms with E-state index in [4.69, 9.17) is 0 Å². The maximum atomic E-state index is 2.31. The normalized spacial score (nSPS) is 11.1. The maximum absolute atomic E-state index is 2.31. The van der Waals surface area contributed by atoms with E-state index in [1.54, 1.807) is 0 Å². The van der Waals surface area contributed by atoms with Crippen molar-refractivity contribution in [2.24, 2.45) is 0 Å². The Labute approximate surface area is 113 Å². The van der Waals surface area contributed by atoms with Gasteiger partial charge in [-0.1, -0.05) is 27.7 Å². The van der Waals surface area contributed by atoms with Gasteiger partial charge in [-0.25, -0.2) is 0 Å². The van der Waals surface area contributed by atoms with Crippen LogP contribution < -0.4 is 0 Å². The van der Waals surface area contributed by atoms with Crippen molar-refractivity contribution in [1.29, 1.82) is 0 Å². The topological polar surface area (TPSA) is 0 Å². The van der Waals surface area contributed by atoms with Crippen LogP contribution in [-0.2, 0) is 0 Å². The van der Waals surface area contributed by atoms with Crippen LogP contribution >= 0.6 is 0 Å². The van der Waals surface area contributed by atoms with Crippen LogP contribution in [0.5, 0.6) is 0 Å². The predicted octanol–water partition coefficient (Wildman–Crippen LogP) is 2.79. The minimum atomic E-state index is 0. The summed E-state index contributed by atoms with van der Waals surface area (Å²) in [5.41, 5.74) is 0. The van der Waals surface area contributed by atoms with Crippen LogP contribution in [0.4, 0.5) is 0 Å². The first-order chi connectivity index (χ1) is 6.24. The van der Waals surface area contributed by atoms with Gasteiger partial charge in [-0.2, -0.15) is 0 Å². The summed E-state index contributed by atoms with van der Waals surface area (Å²) in [4.78, 5) is 0. The van der Waals surface area contributed by atoms with E-state index in [0.717, 1.165) is 0 Å². The fourth-order valence-corrected chi connectivity index (χ4v) is 2.57. The van der Waals surface area contributed by atoms with Gasteiger partial charge in [0.25, 0.3) is 0 Å². The number of quaternary nitrogens is 1. The van der Waals surface area contributed by atoms with Crippen LogP contribution in [-0.4, -0.2) is 60.2 Å². The molecule has 82 valence electrons. The molecule has 0 unspecified atom stereocenters. The molecule has 0 heterocycles.